The molecule has 9 heteroatoms. The number of ether oxygens (including phenoxy) is 2. The average Bonchev–Trinajstić information content (AvgIpc) is 2.68. The highest BCUT2D eigenvalue weighted by molar-refractivity contribution is 7.52. The van der Waals surface area contributed by atoms with Crippen molar-refractivity contribution in [3.8, 4) is 82.9 Å². The molecule has 0 aromatic rings. The van der Waals surface area contributed by atoms with Gasteiger partial charge in [0.05, 0.1) is 0 Å². The predicted octanol–water partition coefficient (Wildman–Crippen LogP) is 0.368. The SMILES string of the molecule is CC#CC#CC#CC#CC#CC#CC#CC(=O)O[C@H](COC(C)=O)CC(F)P(=O)(O)O. The first-order chi connectivity index (χ1) is 14.7. The molecule has 156 valence electrons. The van der Waals surface area contributed by atoms with Gasteiger partial charge in [-0.15, -0.1) is 0 Å². The molecule has 0 saturated heterocycles. The zero-order valence-corrected chi connectivity index (χ0v) is 17.2. The van der Waals surface area contributed by atoms with Crippen molar-refractivity contribution in [1.29, 1.82) is 0 Å². The quantitative estimate of drug-likeness (QED) is 0.266. The third-order valence-corrected chi connectivity index (χ3v) is 3.49. The van der Waals surface area contributed by atoms with E-state index in [1.807, 2.05) is 5.92 Å². The fourth-order valence-electron chi connectivity index (χ4n) is 1.35. The summed E-state index contributed by atoms with van der Waals surface area (Å²) in [5.41, 5.74) is 0. The Kier molecular flexibility index (Phi) is 13.7. The lowest BCUT2D eigenvalue weighted by atomic mass is 10.3. The molecule has 0 aliphatic heterocycles. The summed E-state index contributed by atoms with van der Waals surface area (Å²) in [5, 5.41) is 0. The molecule has 2 atom stereocenters. The lowest BCUT2D eigenvalue weighted by Crippen LogP contribution is -2.27. The van der Waals surface area contributed by atoms with Gasteiger partial charge in [-0.1, -0.05) is 5.92 Å². The van der Waals surface area contributed by atoms with Gasteiger partial charge in [0.2, 0.25) is 5.91 Å². The minimum Gasteiger partial charge on any atom is -0.462 e. The molecule has 31 heavy (non-hydrogen) atoms. The molecule has 0 saturated carbocycles. The van der Waals surface area contributed by atoms with Gasteiger partial charge in [-0.05, 0) is 78.0 Å². The van der Waals surface area contributed by atoms with E-state index in [9.17, 15) is 18.5 Å². The van der Waals surface area contributed by atoms with Crippen molar-refractivity contribution in [3.63, 3.8) is 0 Å². The van der Waals surface area contributed by atoms with E-state index in [4.69, 9.17) is 14.5 Å². The van der Waals surface area contributed by atoms with Gasteiger partial charge in [-0.25, -0.2) is 9.18 Å². The van der Waals surface area contributed by atoms with E-state index in [2.05, 4.69) is 81.7 Å². The Labute approximate surface area is 179 Å². The van der Waals surface area contributed by atoms with Crippen LogP contribution in [0, 0.1) is 82.9 Å². The number of hydrogen-bond acceptors (Lipinski definition) is 5. The standard InChI is InChI=1S/C22H14FO7P/c1-3-4-5-6-7-8-9-10-11-12-13-14-15-16-22(25)30-20(18-29-19(2)24)17-21(23)31(26,27)28/h20-21H,17-18H2,1-2H3,(H2,26,27,28)/t20-,21?/m0/s1. The number of rotatable bonds is 6. The molecule has 0 heterocycles. The van der Waals surface area contributed by atoms with Crippen LogP contribution in [-0.4, -0.2) is 40.3 Å². The van der Waals surface area contributed by atoms with Gasteiger partial charge >= 0.3 is 19.5 Å². The zero-order chi connectivity index (χ0) is 23.5. The number of esters is 2. The van der Waals surface area contributed by atoms with Gasteiger partial charge in [0, 0.05) is 19.3 Å². The first-order valence-electron chi connectivity index (χ1n) is 8.12. The van der Waals surface area contributed by atoms with E-state index < -0.39 is 44.6 Å². The summed E-state index contributed by atoms with van der Waals surface area (Å²) in [6, 6.07) is 0. The van der Waals surface area contributed by atoms with Crippen molar-refractivity contribution in [2.45, 2.75) is 32.3 Å². The van der Waals surface area contributed by atoms with Crippen molar-refractivity contribution in [2.75, 3.05) is 6.61 Å². The van der Waals surface area contributed by atoms with E-state index in [0.717, 1.165) is 6.92 Å². The molecule has 0 aromatic carbocycles. The zero-order valence-electron chi connectivity index (χ0n) is 16.3. The Morgan fingerprint density at radius 2 is 1.35 bits per heavy atom. The second kappa shape index (κ2) is 15.8. The van der Waals surface area contributed by atoms with Crippen LogP contribution < -0.4 is 0 Å². The molecule has 0 aromatic heterocycles. The number of carbonyl (C=O) groups is 2. The highest BCUT2D eigenvalue weighted by Crippen LogP contribution is 2.44. The Balaban J connectivity index is 4.85. The average molecular weight is 440 g/mol. The second-order valence-corrected chi connectivity index (χ2v) is 6.70. The maximum Gasteiger partial charge on any atom is 0.385 e. The van der Waals surface area contributed by atoms with Crippen LogP contribution in [0.5, 0.6) is 0 Å². The highest BCUT2D eigenvalue weighted by Gasteiger charge is 2.33. The molecule has 7 nitrogen and oxygen atoms in total. The molecule has 1 unspecified atom stereocenters. The highest BCUT2D eigenvalue weighted by atomic mass is 31.2. The maximum atomic E-state index is 13.5. The third kappa shape index (κ3) is 16.6. The normalized spacial score (nSPS) is 9.97. The largest absolute Gasteiger partial charge is 0.462 e. The summed E-state index contributed by atoms with van der Waals surface area (Å²) in [6.45, 7) is 2.10. The van der Waals surface area contributed by atoms with E-state index in [1.165, 1.54) is 0 Å². The first-order valence-corrected chi connectivity index (χ1v) is 9.81. The van der Waals surface area contributed by atoms with Crippen LogP contribution >= 0.6 is 7.60 Å². The molecule has 0 aliphatic rings. The van der Waals surface area contributed by atoms with E-state index >= 15 is 0 Å². The Hall–Kier alpha value is -4.06. The summed E-state index contributed by atoms with van der Waals surface area (Å²) >= 11 is 0. The van der Waals surface area contributed by atoms with Crippen molar-refractivity contribution >= 4 is 19.5 Å². The Morgan fingerprint density at radius 1 is 0.903 bits per heavy atom. The molecule has 2 N–H and O–H groups in total. The summed E-state index contributed by atoms with van der Waals surface area (Å²) in [6.07, 6.45) is -2.34. The molecule has 0 fully saturated rings. The van der Waals surface area contributed by atoms with E-state index in [-0.39, 0.29) is 0 Å². The fraction of sp³-hybridized carbons (Fsp3) is 0.273. The Morgan fingerprint density at radius 3 is 1.77 bits per heavy atom. The van der Waals surface area contributed by atoms with Crippen molar-refractivity contribution in [1.82, 2.24) is 0 Å². The molecular formula is C22H14FO7P. The lowest BCUT2D eigenvalue weighted by molar-refractivity contribution is -0.154. The number of hydrogen-bond donors (Lipinski definition) is 2. The van der Waals surface area contributed by atoms with Gasteiger partial charge in [0.15, 0.2) is 0 Å². The summed E-state index contributed by atoms with van der Waals surface area (Å²) in [7, 11) is -5.06. The maximum absolute atomic E-state index is 13.5. The van der Waals surface area contributed by atoms with Crippen LogP contribution in [0.3, 0.4) is 0 Å². The molecule has 0 spiro atoms. The van der Waals surface area contributed by atoms with Crippen LogP contribution in [0.2, 0.25) is 0 Å². The van der Waals surface area contributed by atoms with Crippen LogP contribution in [0.1, 0.15) is 20.3 Å². The summed E-state index contributed by atoms with van der Waals surface area (Å²) in [5.74, 6) is 28.4. The van der Waals surface area contributed by atoms with E-state index in [1.54, 1.807) is 6.92 Å². The predicted molar refractivity (Wildman–Crippen MR) is 108 cm³/mol. The van der Waals surface area contributed by atoms with Gasteiger partial charge in [0.1, 0.15) is 12.7 Å². The van der Waals surface area contributed by atoms with E-state index in [0.29, 0.717) is 0 Å². The molecule has 0 rings (SSSR count). The van der Waals surface area contributed by atoms with Crippen LogP contribution in [0.25, 0.3) is 0 Å². The molecular weight excluding hydrogens is 426 g/mol. The minimum atomic E-state index is -5.06. The smallest absolute Gasteiger partial charge is 0.385 e. The van der Waals surface area contributed by atoms with Crippen molar-refractivity contribution in [3.05, 3.63) is 0 Å². The van der Waals surface area contributed by atoms with Crippen LogP contribution in [0.15, 0.2) is 0 Å². The number of alkyl halides is 1. The number of halogens is 1. The second-order valence-electron chi connectivity index (χ2n) is 4.96. The lowest BCUT2D eigenvalue weighted by Gasteiger charge is -2.18. The summed E-state index contributed by atoms with van der Waals surface area (Å²) in [4.78, 5) is 40.0. The van der Waals surface area contributed by atoms with Crippen molar-refractivity contribution in [2.24, 2.45) is 0 Å². The third-order valence-electron chi connectivity index (χ3n) is 2.55. The summed E-state index contributed by atoms with van der Waals surface area (Å²) < 4.78 is 33.7. The first kappa shape index (κ1) is 26.9. The molecule has 0 aliphatic carbocycles. The van der Waals surface area contributed by atoms with Gasteiger partial charge in [-0.3, -0.25) is 9.36 Å². The van der Waals surface area contributed by atoms with Crippen LogP contribution in [-0.2, 0) is 23.6 Å². The molecule has 0 radical (unpaired) electrons. The fourth-order valence-corrected chi connectivity index (χ4v) is 1.86. The van der Waals surface area contributed by atoms with Crippen molar-refractivity contribution < 1.29 is 37.8 Å². The molecule has 0 bridgehead atoms. The van der Waals surface area contributed by atoms with Gasteiger partial charge in [-0.2, -0.15) is 0 Å². The molecule has 0 amide bonds. The minimum absolute atomic E-state index is 0.598. The monoisotopic (exact) mass is 440 g/mol. The number of carbonyl (C=O) groups excluding carboxylic acids is 2. The van der Waals surface area contributed by atoms with Crippen LogP contribution in [0.4, 0.5) is 4.39 Å². The Bertz CT molecular complexity index is 1160. The topological polar surface area (TPSA) is 110 Å². The van der Waals surface area contributed by atoms with Gasteiger partial charge in [0.25, 0.3) is 0 Å². The van der Waals surface area contributed by atoms with Gasteiger partial charge < -0.3 is 19.3 Å².